The van der Waals surface area contributed by atoms with Crippen LogP contribution in [0.4, 0.5) is 5.69 Å². The molecule has 0 aliphatic rings. The maximum Gasteiger partial charge on any atom is 0.262 e. The number of nitrogens with zero attached hydrogens (tertiary/aromatic N) is 2. The van der Waals surface area contributed by atoms with E-state index in [1.165, 1.54) is 0 Å². The van der Waals surface area contributed by atoms with Gasteiger partial charge in [0.2, 0.25) is 0 Å². The number of para-hydroxylation sites is 2. The van der Waals surface area contributed by atoms with Gasteiger partial charge in [-0.1, -0.05) is 24.3 Å². The molecule has 30 heavy (non-hydrogen) atoms. The fraction of sp³-hybridized carbons (Fsp3) is 0.167. The lowest BCUT2D eigenvalue weighted by molar-refractivity contribution is -0.118. The molecule has 0 saturated carbocycles. The molecule has 0 aliphatic heterocycles. The minimum atomic E-state index is -0.244. The maximum absolute atomic E-state index is 12.5. The zero-order chi connectivity index (χ0) is 21.1. The maximum atomic E-state index is 12.5. The lowest BCUT2D eigenvalue weighted by Gasteiger charge is -2.12. The molecular formula is C24H23N3O3. The van der Waals surface area contributed by atoms with E-state index in [1.807, 2.05) is 73.1 Å². The third-order valence-corrected chi connectivity index (χ3v) is 4.85. The predicted octanol–water partition coefficient (Wildman–Crippen LogP) is 4.64. The number of aryl methyl sites for hydroxylation is 2. The summed E-state index contributed by atoms with van der Waals surface area (Å²) in [6, 6.07) is 17.2. The number of rotatable bonds is 6. The van der Waals surface area contributed by atoms with Crippen molar-refractivity contribution in [2.45, 2.75) is 13.8 Å². The first-order valence-corrected chi connectivity index (χ1v) is 9.65. The van der Waals surface area contributed by atoms with E-state index in [-0.39, 0.29) is 12.5 Å². The molecule has 2 aromatic heterocycles. The number of carbonyl (C=O) groups excluding carboxylic acids is 1. The number of pyridine rings is 1. The first-order valence-electron chi connectivity index (χ1n) is 9.65. The van der Waals surface area contributed by atoms with Crippen LogP contribution in [-0.2, 0) is 4.79 Å². The zero-order valence-corrected chi connectivity index (χ0v) is 17.2. The van der Waals surface area contributed by atoms with Crippen molar-refractivity contribution >= 4 is 17.2 Å². The van der Waals surface area contributed by atoms with Crippen molar-refractivity contribution in [2.24, 2.45) is 0 Å². The van der Waals surface area contributed by atoms with Gasteiger partial charge in [-0.25, -0.2) is 4.98 Å². The second-order valence-electron chi connectivity index (χ2n) is 7.11. The number of carbonyl (C=O) groups is 1. The van der Waals surface area contributed by atoms with Gasteiger partial charge < -0.3 is 19.2 Å². The number of nitrogens with one attached hydrogen (secondary N) is 1. The van der Waals surface area contributed by atoms with E-state index >= 15 is 0 Å². The van der Waals surface area contributed by atoms with E-state index in [1.54, 1.807) is 19.2 Å². The number of anilines is 1. The molecule has 0 radical (unpaired) electrons. The first-order chi connectivity index (χ1) is 14.5. The van der Waals surface area contributed by atoms with Crippen LogP contribution in [0.2, 0.25) is 0 Å². The second-order valence-corrected chi connectivity index (χ2v) is 7.11. The predicted molar refractivity (Wildman–Crippen MR) is 117 cm³/mol. The Morgan fingerprint density at radius 1 is 1.07 bits per heavy atom. The minimum Gasteiger partial charge on any atom is -0.493 e. The Kier molecular flexibility index (Phi) is 5.39. The molecule has 2 heterocycles. The van der Waals surface area contributed by atoms with Gasteiger partial charge in [0.1, 0.15) is 5.65 Å². The van der Waals surface area contributed by atoms with Crippen LogP contribution in [0.1, 0.15) is 11.1 Å². The number of hydrogen-bond donors (Lipinski definition) is 1. The molecule has 6 nitrogen and oxygen atoms in total. The first kappa shape index (κ1) is 19.5. The fourth-order valence-corrected chi connectivity index (χ4v) is 3.21. The molecule has 1 amide bonds. The summed E-state index contributed by atoms with van der Waals surface area (Å²) < 4.78 is 12.8. The molecule has 0 spiro atoms. The third kappa shape index (κ3) is 4.12. The van der Waals surface area contributed by atoms with Crippen LogP contribution in [0, 0.1) is 13.8 Å². The van der Waals surface area contributed by atoms with Gasteiger partial charge in [-0.15, -0.1) is 0 Å². The van der Waals surface area contributed by atoms with Crippen LogP contribution < -0.4 is 14.8 Å². The van der Waals surface area contributed by atoms with Crippen molar-refractivity contribution < 1.29 is 14.3 Å². The van der Waals surface area contributed by atoms with Gasteiger partial charge in [0.25, 0.3) is 5.91 Å². The molecule has 0 fully saturated rings. The lowest BCUT2D eigenvalue weighted by Crippen LogP contribution is -2.20. The number of imidazole rings is 1. The Bertz CT molecular complexity index is 1210. The molecule has 6 heteroatoms. The molecule has 1 N–H and O–H groups in total. The van der Waals surface area contributed by atoms with Gasteiger partial charge in [-0.05, 0) is 55.3 Å². The van der Waals surface area contributed by atoms with Crippen molar-refractivity contribution in [1.29, 1.82) is 0 Å². The highest BCUT2D eigenvalue weighted by Gasteiger charge is 2.11. The van der Waals surface area contributed by atoms with Crippen molar-refractivity contribution in [2.75, 3.05) is 19.0 Å². The van der Waals surface area contributed by atoms with Crippen LogP contribution in [0.25, 0.3) is 16.9 Å². The van der Waals surface area contributed by atoms with Gasteiger partial charge in [-0.3, -0.25) is 4.79 Å². The van der Waals surface area contributed by atoms with E-state index in [9.17, 15) is 4.79 Å². The molecular weight excluding hydrogens is 378 g/mol. The second kappa shape index (κ2) is 8.29. The van der Waals surface area contributed by atoms with Crippen LogP contribution >= 0.6 is 0 Å². The summed E-state index contributed by atoms with van der Waals surface area (Å²) in [6.45, 7) is 3.88. The standard InChI is InChI=1S/C24H23N3O3/c1-16-10-11-27-14-20(25-23(27)12-16)18-9-8-17(2)19(13-18)26-24(28)15-30-22-7-5-4-6-21(22)29-3/h4-14H,15H2,1-3H3,(H,26,28). The molecule has 0 bridgehead atoms. The summed E-state index contributed by atoms with van der Waals surface area (Å²) in [5.41, 5.74) is 5.52. The third-order valence-electron chi connectivity index (χ3n) is 4.85. The van der Waals surface area contributed by atoms with Crippen molar-refractivity contribution in [3.63, 3.8) is 0 Å². The largest absolute Gasteiger partial charge is 0.493 e. The van der Waals surface area contributed by atoms with Gasteiger partial charge >= 0.3 is 0 Å². The Hall–Kier alpha value is -3.80. The van der Waals surface area contributed by atoms with Crippen LogP contribution in [-0.4, -0.2) is 29.0 Å². The molecule has 0 saturated heterocycles. The normalized spacial score (nSPS) is 10.8. The van der Waals surface area contributed by atoms with Crippen molar-refractivity contribution in [3.05, 3.63) is 78.1 Å². The summed E-state index contributed by atoms with van der Waals surface area (Å²) in [5.74, 6) is 0.873. The molecule has 4 rings (SSSR count). The van der Waals surface area contributed by atoms with Gasteiger partial charge in [0, 0.05) is 23.6 Å². The van der Waals surface area contributed by atoms with Gasteiger partial charge in [0.15, 0.2) is 18.1 Å². The van der Waals surface area contributed by atoms with Gasteiger partial charge in [-0.2, -0.15) is 0 Å². The average Bonchev–Trinajstić information content (AvgIpc) is 3.17. The number of hydrogen-bond acceptors (Lipinski definition) is 4. The van der Waals surface area contributed by atoms with E-state index in [2.05, 4.69) is 5.32 Å². The van der Waals surface area contributed by atoms with Crippen LogP contribution in [0.15, 0.2) is 67.0 Å². The number of methoxy groups -OCH3 is 1. The SMILES string of the molecule is COc1ccccc1OCC(=O)Nc1cc(-c2cn3ccc(C)cc3n2)ccc1C. The molecule has 152 valence electrons. The Labute approximate surface area is 175 Å². The minimum absolute atomic E-state index is 0.113. The number of aromatic nitrogens is 2. The zero-order valence-electron chi connectivity index (χ0n) is 17.2. The van der Waals surface area contributed by atoms with E-state index in [0.717, 1.165) is 33.7 Å². The topological polar surface area (TPSA) is 64.9 Å². The number of fused-ring (bicyclic) bond motifs is 1. The summed E-state index contributed by atoms with van der Waals surface area (Å²) in [6.07, 6.45) is 3.98. The summed E-state index contributed by atoms with van der Waals surface area (Å²) >= 11 is 0. The van der Waals surface area contributed by atoms with Crippen molar-refractivity contribution in [3.8, 4) is 22.8 Å². The molecule has 0 atom stereocenters. The van der Waals surface area contributed by atoms with Crippen molar-refractivity contribution in [1.82, 2.24) is 9.38 Å². The highest BCUT2D eigenvalue weighted by molar-refractivity contribution is 5.93. The quantitative estimate of drug-likeness (QED) is 0.511. The number of ether oxygens (including phenoxy) is 2. The monoisotopic (exact) mass is 401 g/mol. The lowest BCUT2D eigenvalue weighted by atomic mass is 10.1. The fourth-order valence-electron chi connectivity index (χ4n) is 3.21. The Morgan fingerprint density at radius 2 is 1.87 bits per heavy atom. The van der Waals surface area contributed by atoms with Crippen LogP contribution in [0.5, 0.6) is 11.5 Å². The number of benzene rings is 2. The molecule has 4 aromatic rings. The summed E-state index contributed by atoms with van der Waals surface area (Å²) in [5, 5.41) is 2.93. The van der Waals surface area contributed by atoms with Gasteiger partial charge in [0.05, 0.1) is 12.8 Å². The highest BCUT2D eigenvalue weighted by Crippen LogP contribution is 2.27. The smallest absolute Gasteiger partial charge is 0.262 e. The average molecular weight is 401 g/mol. The molecule has 0 aliphatic carbocycles. The van der Waals surface area contributed by atoms with Crippen LogP contribution in [0.3, 0.4) is 0 Å². The van der Waals surface area contributed by atoms with E-state index < -0.39 is 0 Å². The summed E-state index contributed by atoms with van der Waals surface area (Å²) in [4.78, 5) is 17.2. The number of amides is 1. The highest BCUT2D eigenvalue weighted by atomic mass is 16.5. The molecule has 0 unspecified atom stereocenters. The molecule has 2 aromatic carbocycles. The Morgan fingerprint density at radius 3 is 2.67 bits per heavy atom. The van der Waals surface area contributed by atoms with E-state index in [0.29, 0.717) is 11.5 Å². The van der Waals surface area contributed by atoms with E-state index in [4.69, 9.17) is 14.5 Å². The summed E-state index contributed by atoms with van der Waals surface area (Å²) in [7, 11) is 1.57. The Balaban J connectivity index is 1.50.